The average molecular weight is 649 g/mol. The number of hydrogen-bond donors (Lipinski definition) is 1. The van der Waals surface area contributed by atoms with E-state index in [0.29, 0.717) is 0 Å². The molecule has 0 saturated carbocycles. The predicted molar refractivity (Wildman–Crippen MR) is 212 cm³/mol. The van der Waals surface area contributed by atoms with Gasteiger partial charge in [0, 0.05) is 33.4 Å². The van der Waals surface area contributed by atoms with Crippen LogP contribution in [0, 0.1) is 0 Å². The second-order valence-corrected chi connectivity index (χ2v) is 13.7. The fraction of sp³-hybridized carbons (Fsp3) is 0.0204. The normalized spacial score (nSPS) is 13.3. The molecule has 1 spiro atoms. The zero-order chi connectivity index (χ0) is 33.5. The third-order valence-corrected chi connectivity index (χ3v) is 11.2. The molecule has 51 heavy (non-hydrogen) atoms. The number of nitrogens with one attached hydrogen (secondary N) is 1. The first-order valence-electron chi connectivity index (χ1n) is 17.7. The first-order valence-corrected chi connectivity index (χ1v) is 17.7. The summed E-state index contributed by atoms with van der Waals surface area (Å²) in [5.74, 6) is 0. The van der Waals surface area contributed by atoms with Crippen molar-refractivity contribution in [1.82, 2.24) is 4.57 Å². The van der Waals surface area contributed by atoms with Crippen molar-refractivity contribution in [2.24, 2.45) is 0 Å². The third kappa shape index (κ3) is 3.87. The summed E-state index contributed by atoms with van der Waals surface area (Å²) in [6.45, 7) is 0. The highest BCUT2D eigenvalue weighted by Crippen LogP contribution is 2.63. The van der Waals surface area contributed by atoms with E-state index in [1.54, 1.807) is 0 Å². The molecule has 0 aliphatic heterocycles. The van der Waals surface area contributed by atoms with Gasteiger partial charge in [0.15, 0.2) is 0 Å². The van der Waals surface area contributed by atoms with Crippen LogP contribution in [0.2, 0.25) is 0 Å². The fourth-order valence-electron chi connectivity index (χ4n) is 9.15. The summed E-state index contributed by atoms with van der Waals surface area (Å²) < 4.78 is 2.37. The van der Waals surface area contributed by atoms with E-state index in [1.165, 1.54) is 77.4 Å². The van der Waals surface area contributed by atoms with Crippen LogP contribution in [-0.2, 0) is 5.41 Å². The lowest BCUT2D eigenvalue weighted by molar-refractivity contribution is 0.794. The molecule has 11 rings (SSSR count). The standard InChI is InChI=1S/C49H32N2/c1-6-17-41-36(12-1)37-13-2-7-18-42(37)49(41)43-19-8-3-16-40(43)48-44(49)20-11-21-45(48)50-34-28-24-32(25-29-34)33-26-30-35(31-27-33)51-46-22-9-4-14-38(46)39-15-5-10-23-47(39)51/h1-31,50H. The van der Waals surface area contributed by atoms with Crippen molar-refractivity contribution in [1.29, 1.82) is 0 Å². The maximum Gasteiger partial charge on any atom is 0.0726 e. The molecular weight excluding hydrogens is 617 g/mol. The molecule has 1 heterocycles. The zero-order valence-electron chi connectivity index (χ0n) is 27.8. The Morgan fingerprint density at radius 1 is 0.373 bits per heavy atom. The van der Waals surface area contributed by atoms with Gasteiger partial charge in [0.2, 0.25) is 0 Å². The summed E-state index contributed by atoms with van der Waals surface area (Å²) in [5, 5.41) is 6.39. The Hall–Kier alpha value is -6.64. The molecule has 1 N–H and O–H groups in total. The van der Waals surface area contributed by atoms with E-state index in [0.717, 1.165) is 17.1 Å². The molecule has 2 nitrogen and oxygen atoms in total. The van der Waals surface area contributed by atoms with Crippen LogP contribution in [0.3, 0.4) is 0 Å². The molecule has 2 aliphatic rings. The van der Waals surface area contributed by atoms with E-state index >= 15 is 0 Å². The zero-order valence-corrected chi connectivity index (χ0v) is 27.8. The van der Waals surface area contributed by atoms with Crippen molar-refractivity contribution in [2.45, 2.75) is 5.41 Å². The minimum absolute atomic E-state index is 0.341. The molecule has 0 unspecified atom stereocenters. The van der Waals surface area contributed by atoms with Crippen molar-refractivity contribution in [3.8, 4) is 39.1 Å². The van der Waals surface area contributed by atoms with Gasteiger partial charge in [0.25, 0.3) is 0 Å². The monoisotopic (exact) mass is 648 g/mol. The average Bonchev–Trinajstić information content (AvgIpc) is 3.81. The van der Waals surface area contributed by atoms with E-state index in [1.807, 2.05) is 0 Å². The number of benzene rings is 8. The predicted octanol–water partition coefficient (Wildman–Crippen LogP) is 12.5. The van der Waals surface area contributed by atoms with Crippen LogP contribution < -0.4 is 5.32 Å². The molecule has 0 saturated heterocycles. The summed E-state index contributed by atoms with van der Waals surface area (Å²) >= 11 is 0. The van der Waals surface area contributed by atoms with Crippen molar-refractivity contribution >= 4 is 33.2 Å². The highest BCUT2D eigenvalue weighted by molar-refractivity contribution is 6.09. The SMILES string of the molecule is c1ccc2c(c1)-c1ccccc1C21c2ccccc2-c2c(Nc3ccc(-c4ccc(-n5c6ccccc6c6ccccc65)cc4)cc3)cccc21. The number of para-hydroxylation sites is 2. The summed E-state index contributed by atoms with van der Waals surface area (Å²) in [6, 6.07) is 68.8. The lowest BCUT2D eigenvalue weighted by Crippen LogP contribution is -2.25. The van der Waals surface area contributed by atoms with Crippen LogP contribution in [0.15, 0.2) is 188 Å². The summed E-state index contributed by atoms with van der Waals surface area (Å²) in [4.78, 5) is 0. The van der Waals surface area contributed by atoms with Crippen LogP contribution in [0.25, 0.3) is 60.9 Å². The van der Waals surface area contributed by atoms with Gasteiger partial charge >= 0.3 is 0 Å². The van der Waals surface area contributed by atoms with Gasteiger partial charge in [-0.15, -0.1) is 0 Å². The smallest absolute Gasteiger partial charge is 0.0726 e. The maximum atomic E-state index is 3.84. The number of aromatic nitrogens is 1. The summed E-state index contributed by atoms with van der Waals surface area (Å²) in [6.07, 6.45) is 0. The number of rotatable bonds is 4. The number of anilines is 2. The largest absolute Gasteiger partial charge is 0.355 e. The van der Waals surface area contributed by atoms with E-state index in [-0.39, 0.29) is 5.41 Å². The first-order chi connectivity index (χ1) is 25.3. The molecule has 2 aliphatic carbocycles. The molecule has 9 aromatic rings. The molecule has 238 valence electrons. The Kier molecular flexibility index (Phi) is 5.91. The number of hydrogen-bond acceptors (Lipinski definition) is 1. The van der Waals surface area contributed by atoms with Gasteiger partial charge in [-0.3, -0.25) is 0 Å². The summed E-state index contributed by atoms with van der Waals surface area (Å²) in [7, 11) is 0. The van der Waals surface area contributed by atoms with E-state index in [4.69, 9.17) is 0 Å². The van der Waals surface area contributed by atoms with Gasteiger partial charge in [-0.1, -0.05) is 146 Å². The van der Waals surface area contributed by atoms with Crippen LogP contribution in [0.1, 0.15) is 22.3 Å². The topological polar surface area (TPSA) is 17.0 Å². The highest BCUT2D eigenvalue weighted by atomic mass is 15.0. The molecule has 2 heteroatoms. The second kappa shape index (κ2) is 10.7. The number of nitrogens with zero attached hydrogens (tertiary/aromatic N) is 1. The molecule has 0 amide bonds. The van der Waals surface area contributed by atoms with Gasteiger partial charge in [0.05, 0.1) is 16.4 Å². The lowest BCUT2D eigenvalue weighted by atomic mass is 9.70. The minimum atomic E-state index is -0.341. The maximum absolute atomic E-state index is 3.84. The van der Waals surface area contributed by atoms with Crippen molar-refractivity contribution < 1.29 is 0 Å². The van der Waals surface area contributed by atoms with Crippen molar-refractivity contribution in [3.05, 3.63) is 210 Å². The van der Waals surface area contributed by atoms with Crippen molar-refractivity contribution in [2.75, 3.05) is 5.32 Å². The molecule has 0 atom stereocenters. The Morgan fingerprint density at radius 3 is 1.45 bits per heavy atom. The molecule has 8 aromatic carbocycles. The Bertz CT molecular complexity index is 2720. The Balaban J connectivity index is 0.957. The van der Waals surface area contributed by atoms with Crippen LogP contribution >= 0.6 is 0 Å². The van der Waals surface area contributed by atoms with Gasteiger partial charge in [-0.2, -0.15) is 0 Å². The molecule has 0 bridgehead atoms. The van der Waals surface area contributed by atoms with E-state index in [9.17, 15) is 0 Å². The lowest BCUT2D eigenvalue weighted by Gasteiger charge is -2.30. The van der Waals surface area contributed by atoms with E-state index in [2.05, 4.69) is 198 Å². The second-order valence-electron chi connectivity index (χ2n) is 13.7. The van der Waals surface area contributed by atoms with E-state index < -0.39 is 0 Å². The molecule has 0 fully saturated rings. The van der Waals surface area contributed by atoms with Gasteiger partial charge in [0.1, 0.15) is 0 Å². The van der Waals surface area contributed by atoms with Crippen LogP contribution in [0.5, 0.6) is 0 Å². The van der Waals surface area contributed by atoms with Gasteiger partial charge in [-0.25, -0.2) is 0 Å². The molecule has 0 radical (unpaired) electrons. The Labute approximate surface area is 296 Å². The number of fused-ring (bicyclic) bond motifs is 13. The summed E-state index contributed by atoms with van der Waals surface area (Å²) in [5.41, 5.74) is 18.5. The van der Waals surface area contributed by atoms with Crippen LogP contribution in [0.4, 0.5) is 11.4 Å². The quantitative estimate of drug-likeness (QED) is 0.201. The van der Waals surface area contributed by atoms with Gasteiger partial charge in [-0.05, 0) is 92.5 Å². The molecular formula is C49H32N2. The first kappa shape index (κ1) is 28.2. The molecule has 1 aromatic heterocycles. The van der Waals surface area contributed by atoms with Crippen molar-refractivity contribution in [3.63, 3.8) is 0 Å². The third-order valence-electron chi connectivity index (χ3n) is 11.2. The van der Waals surface area contributed by atoms with Gasteiger partial charge < -0.3 is 9.88 Å². The minimum Gasteiger partial charge on any atom is -0.355 e. The van der Waals surface area contributed by atoms with Crippen LogP contribution in [-0.4, -0.2) is 4.57 Å². The fourth-order valence-corrected chi connectivity index (χ4v) is 9.15. The Morgan fingerprint density at radius 2 is 0.843 bits per heavy atom. The highest BCUT2D eigenvalue weighted by Gasteiger charge is 2.51.